The van der Waals surface area contributed by atoms with Crippen LogP contribution in [-0.4, -0.2) is 23.4 Å². The van der Waals surface area contributed by atoms with E-state index in [1.54, 1.807) is 13.3 Å². The molecule has 0 radical (unpaired) electrons. The second-order valence-corrected chi connectivity index (χ2v) is 5.33. The normalized spacial score (nSPS) is 15.1. The highest BCUT2D eigenvalue weighted by Gasteiger charge is 2.18. The van der Waals surface area contributed by atoms with Gasteiger partial charge in [-0.15, -0.1) is 0 Å². The van der Waals surface area contributed by atoms with E-state index in [0.29, 0.717) is 12.6 Å². The number of hydrogen-bond acceptors (Lipinski definition) is 4. The highest BCUT2D eigenvalue weighted by molar-refractivity contribution is 5.44. The molecule has 0 bridgehead atoms. The van der Waals surface area contributed by atoms with Gasteiger partial charge in [-0.25, -0.2) is 0 Å². The number of benzene rings is 1. The van der Waals surface area contributed by atoms with Crippen molar-refractivity contribution in [1.82, 2.24) is 10.2 Å². The minimum atomic E-state index is 0.328. The van der Waals surface area contributed by atoms with Crippen molar-refractivity contribution in [3.63, 3.8) is 0 Å². The quantitative estimate of drug-likeness (QED) is 0.855. The summed E-state index contributed by atoms with van der Waals surface area (Å²) in [6, 6.07) is 7.97. The summed E-state index contributed by atoms with van der Waals surface area (Å²) in [6.07, 6.45) is 6.85. The number of ether oxygens (including phenoxy) is 2. The molecule has 21 heavy (non-hydrogen) atoms. The molecule has 1 aliphatic carbocycles. The second-order valence-electron chi connectivity index (χ2n) is 5.33. The van der Waals surface area contributed by atoms with E-state index in [-0.39, 0.29) is 0 Å². The molecule has 1 aromatic carbocycles. The van der Waals surface area contributed by atoms with Crippen molar-refractivity contribution in [3.8, 4) is 11.5 Å². The smallest absolute Gasteiger partial charge is 0.161 e. The van der Waals surface area contributed by atoms with Gasteiger partial charge in [-0.1, -0.05) is 6.07 Å². The van der Waals surface area contributed by atoms with Crippen LogP contribution in [0.2, 0.25) is 0 Å². The molecular formula is C16H21N3O2. The van der Waals surface area contributed by atoms with Crippen LogP contribution in [-0.2, 0) is 6.54 Å². The molecule has 0 amide bonds. The Balaban J connectivity index is 1.69. The van der Waals surface area contributed by atoms with Gasteiger partial charge >= 0.3 is 0 Å². The number of anilines is 1. The molecule has 5 nitrogen and oxygen atoms in total. The van der Waals surface area contributed by atoms with Gasteiger partial charge < -0.3 is 14.8 Å². The fourth-order valence-electron chi connectivity index (χ4n) is 2.66. The van der Waals surface area contributed by atoms with Crippen LogP contribution in [0.4, 0.5) is 5.82 Å². The zero-order chi connectivity index (χ0) is 14.5. The Kier molecular flexibility index (Phi) is 4.28. The average Bonchev–Trinajstić information content (AvgIpc) is 3.18. The van der Waals surface area contributed by atoms with E-state index in [1.165, 1.54) is 12.8 Å². The van der Waals surface area contributed by atoms with Crippen LogP contribution in [0, 0.1) is 0 Å². The number of rotatable bonds is 6. The molecule has 1 aliphatic rings. The van der Waals surface area contributed by atoms with Crippen LogP contribution in [0.25, 0.3) is 0 Å². The van der Waals surface area contributed by atoms with Crippen LogP contribution in [0.1, 0.15) is 31.2 Å². The third-order valence-electron chi connectivity index (χ3n) is 3.81. The predicted octanol–water partition coefficient (Wildman–Crippen LogP) is 3.35. The predicted molar refractivity (Wildman–Crippen MR) is 81.8 cm³/mol. The van der Waals surface area contributed by atoms with Crippen molar-refractivity contribution in [2.75, 3.05) is 12.4 Å². The first-order chi connectivity index (χ1) is 10.3. The largest absolute Gasteiger partial charge is 0.493 e. The number of H-pyrrole nitrogens is 1. The summed E-state index contributed by atoms with van der Waals surface area (Å²) >= 11 is 0. The molecule has 0 saturated heterocycles. The monoisotopic (exact) mass is 287 g/mol. The van der Waals surface area contributed by atoms with Crippen LogP contribution >= 0.6 is 0 Å². The lowest BCUT2D eigenvalue weighted by Crippen LogP contribution is -2.12. The molecule has 0 unspecified atom stereocenters. The van der Waals surface area contributed by atoms with Crippen molar-refractivity contribution < 1.29 is 9.47 Å². The lowest BCUT2D eigenvalue weighted by molar-refractivity contribution is 0.200. The SMILES string of the molecule is COc1ccc(CNc2ccn[nH]2)cc1OC1CCCC1. The molecule has 1 heterocycles. The lowest BCUT2D eigenvalue weighted by atomic mass is 10.2. The van der Waals surface area contributed by atoms with Gasteiger partial charge in [0.15, 0.2) is 11.5 Å². The molecule has 1 aromatic heterocycles. The van der Waals surface area contributed by atoms with Gasteiger partial charge in [-0.3, -0.25) is 5.10 Å². The molecule has 0 atom stereocenters. The number of methoxy groups -OCH3 is 1. The first-order valence-electron chi connectivity index (χ1n) is 7.42. The summed E-state index contributed by atoms with van der Waals surface area (Å²) in [5.74, 6) is 2.55. The summed E-state index contributed by atoms with van der Waals surface area (Å²) in [5.41, 5.74) is 1.15. The van der Waals surface area contributed by atoms with Crippen molar-refractivity contribution in [2.45, 2.75) is 38.3 Å². The molecule has 1 saturated carbocycles. The van der Waals surface area contributed by atoms with Gasteiger partial charge in [0.1, 0.15) is 5.82 Å². The first kappa shape index (κ1) is 13.8. The third kappa shape index (κ3) is 3.48. The standard InChI is InChI=1S/C16H21N3O2/c1-20-14-7-6-12(11-17-16-8-9-18-19-16)10-15(14)21-13-4-2-3-5-13/h6-10,13H,2-5,11H2,1H3,(H2,17,18,19). The van der Waals surface area contributed by atoms with Crippen LogP contribution in [0.5, 0.6) is 11.5 Å². The van der Waals surface area contributed by atoms with Gasteiger partial charge in [-0.05, 0) is 49.4 Å². The summed E-state index contributed by atoms with van der Waals surface area (Å²) in [7, 11) is 1.68. The van der Waals surface area contributed by atoms with Crippen molar-refractivity contribution in [2.24, 2.45) is 0 Å². The Morgan fingerprint density at radius 1 is 1.24 bits per heavy atom. The van der Waals surface area contributed by atoms with Crippen LogP contribution in [0.15, 0.2) is 30.5 Å². The molecule has 2 aromatic rings. The Labute approximate surface area is 124 Å². The lowest BCUT2D eigenvalue weighted by Gasteiger charge is -2.17. The third-order valence-corrected chi connectivity index (χ3v) is 3.81. The molecule has 5 heteroatoms. The van der Waals surface area contributed by atoms with Gasteiger partial charge in [0, 0.05) is 6.54 Å². The minimum Gasteiger partial charge on any atom is -0.493 e. The molecular weight excluding hydrogens is 266 g/mol. The van der Waals surface area contributed by atoms with E-state index < -0.39 is 0 Å². The molecule has 0 aliphatic heterocycles. The van der Waals surface area contributed by atoms with Crippen LogP contribution in [0.3, 0.4) is 0 Å². The van der Waals surface area contributed by atoms with Crippen molar-refractivity contribution in [3.05, 3.63) is 36.0 Å². The zero-order valence-corrected chi connectivity index (χ0v) is 12.3. The molecule has 1 fully saturated rings. The second kappa shape index (κ2) is 6.52. The van der Waals surface area contributed by atoms with Gasteiger partial charge in [0.25, 0.3) is 0 Å². The molecule has 3 rings (SSSR count). The number of nitrogens with one attached hydrogen (secondary N) is 2. The summed E-state index contributed by atoms with van der Waals surface area (Å²) < 4.78 is 11.5. The van der Waals surface area contributed by atoms with Crippen molar-refractivity contribution in [1.29, 1.82) is 0 Å². The van der Waals surface area contributed by atoms with Crippen molar-refractivity contribution >= 4 is 5.82 Å². The summed E-state index contributed by atoms with van der Waals surface area (Å²) in [4.78, 5) is 0. The maximum Gasteiger partial charge on any atom is 0.161 e. The maximum absolute atomic E-state index is 6.10. The topological polar surface area (TPSA) is 59.2 Å². The van der Waals surface area contributed by atoms with Gasteiger partial charge in [0.2, 0.25) is 0 Å². The van der Waals surface area contributed by atoms with E-state index in [4.69, 9.17) is 9.47 Å². The Bertz CT molecular complexity index is 563. The maximum atomic E-state index is 6.10. The molecule has 112 valence electrons. The molecule has 2 N–H and O–H groups in total. The Morgan fingerprint density at radius 2 is 2.10 bits per heavy atom. The summed E-state index contributed by atoms with van der Waals surface area (Å²) in [5, 5.41) is 10.1. The van der Waals surface area contributed by atoms with E-state index in [1.807, 2.05) is 18.2 Å². The zero-order valence-electron chi connectivity index (χ0n) is 12.3. The number of hydrogen-bond donors (Lipinski definition) is 2. The average molecular weight is 287 g/mol. The fraction of sp³-hybridized carbons (Fsp3) is 0.438. The van der Waals surface area contributed by atoms with E-state index in [9.17, 15) is 0 Å². The highest BCUT2D eigenvalue weighted by atomic mass is 16.5. The Hall–Kier alpha value is -2.17. The van der Waals surface area contributed by atoms with Gasteiger partial charge in [-0.2, -0.15) is 5.10 Å². The number of nitrogens with zero attached hydrogens (tertiary/aromatic N) is 1. The first-order valence-corrected chi connectivity index (χ1v) is 7.42. The highest BCUT2D eigenvalue weighted by Crippen LogP contribution is 2.32. The fourth-order valence-corrected chi connectivity index (χ4v) is 2.66. The van der Waals surface area contributed by atoms with E-state index >= 15 is 0 Å². The van der Waals surface area contributed by atoms with Crippen LogP contribution < -0.4 is 14.8 Å². The Morgan fingerprint density at radius 3 is 2.81 bits per heavy atom. The van der Waals surface area contributed by atoms with Gasteiger partial charge in [0.05, 0.1) is 19.4 Å². The van der Waals surface area contributed by atoms with E-state index in [2.05, 4.69) is 21.6 Å². The molecule has 0 spiro atoms. The number of aromatic amines is 1. The summed E-state index contributed by atoms with van der Waals surface area (Å²) in [6.45, 7) is 0.715. The minimum absolute atomic E-state index is 0.328. The van der Waals surface area contributed by atoms with E-state index in [0.717, 1.165) is 35.7 Å². The number of aromatic nitrogens is 2.